The number of carbonyl (C=O) groups excluding carboxylic acids is 1. The molecule has 0 aliphatic rings. The Morgan fingerprint density at radius 1 is 1.41 bits per heavy atom. The number of hydrogen-bond acceptors (Lipinski definition) is 3. The van der Waals surface area contributed by atoms with Gasteiger partial charge in [-0.15, -0.1) is 0 Å². The number of amides is 1. The predicted molar refractivity (Wildman–Crippen MR) is 70.1 cm³/mol. The van der Waals surface area contributed by atoms with Gasteiger partial charge in [0.2, 0.25) is 0 Å². The molecule has 0 aliphatic carbocycles. The van der Waals surface area contributed by atoms with E-state index in [9.17, 15) is 4.79 Å². The SMILES string of the molecule is Cc1ccc(N)c(C)c1NC(=O)OCC(C)C. The van der Waals surface area contributed by atoms with Crippen LogP contribution in [0.25, 0.3) is 0 Å². The lowest BCUT2D eigenvalue weighted by molar-refractivity contribution is 0.147. The van der Waals surface area contributed by atoms with Crippen LogP contribution >= 0.6 is 0 Å². The van der Waals surface area contributed by atoms with Crippen LogP contribution in [0.5, 0.6) is 0 Å². The summed E-state index contributed by atoms with van der Waals surface area (Å²) in [4.78, 5) is 11.6. The quantitative estimate of drug-likeness (QED) is 0.793. The highest BCUT2D eigenvalue weighted by Gasteiger charge is 2.10. The molecule has 0 saturated heterocycles. The van der Waals surface area contributed by atoms with Crippen molar-refractivity contribution >= 4 is 17.5 Å². The highest BCUT2D eigenvalue weighted by atomic mass is 16.5. The van der Waals surface area contributed by atoms with Gasteiger partial charge in [-0.3, -0.25) is 5.32 Å². The molecule has 1 rings (SSSR count). The third-order valence-electron chi connectivity index (χ3n) is 2.49. The summed E-state index contributed by atoms with van der Waals surface area (Å²) >= 11 is 0. The number of nitrogens with one attached hydrogen (secondary N) is 1. The van der Waals surface area contributed by atoms with Gasteiger partial charge in [0.1, 0.15) is 0 Å². The molecule has 0 atom stereocenters. The maximum Gasteiger partial charge on any atom is 0.411 e. The third-order valence-corrected chi connectivity index (χ3v) is 2.49. The number of anilines is 2. The fourth-order valence-corrected chi connectivity index (χ4v) is 1.44. The number of benzene rings is 1. The number of nitrogens with two attached hydrogens (primary N) is 1. The van der Waals surface area contributed by atoms with E-state index in [0.29, 0.717) is 18.2 Å². The molecule has 0 unspecified atom stereocenters. The highest BCUT2D eigenvalue weighted by molar-refractivity contribution is 5.88. The van der Waals surface area contributed by atoms with Gasteiger partial charge >= 0.3 is 6.09 Å². The molecule has 17 heavy (non-hydrogen) atoms. The lowest BCUT2D eigenvalue weighted by Gasteiger charge is -2.14. The van der Waals surface area contributed by atoms with Crippen molar-refractivity contribution in [1.82, 2.24) is 0 Å². The molecule has 0 heterocycles. The van der Waals surface area contributed by atoms with Gasteiger partial charge in [0.05, 0.1) is 12.3 Å². The molecule has 0 spiro atoms. The number of carbonyl (C=O) groups is 1. The van der Waals surface area contributed by atoms with Gasteiger partial charge in [-0.2, -0.15) is 0 Å². The number of nitrogen functional groups attached to an aromatic ring is 1. The standard InChI is InChI=1S/C13H20N2O2/c1-8(2)7-17-13(16)15-12-9(3)5-6-11(14)10(12)4/h5-6,8H,7,14H2,1-4H3,(H,15,16). The molecule has 4 heteroatoms. The van der Waals surface area contributed by atoms with Crippen LogP contribution in [0.15, 0.2) is 12.1 Å². The minimum Gasteiger partial charge on any atom is -0.449 e. The Balaban J connectivity index is 2.74. The molecule has 0 saturated carbocycles. The lowest BCUT2D eigenvalue weighted by Crippen LogP contribution is -2.18. The van der Waals surface area contributed by atoms with Crippen molar-refractivity contribution in [3.05, 3.63) is 23.3 Å². The van der Waals surface area contributed by atoms with E-state index in [1.807, 2.05) is 39.8 Å². The van der Waals surface area contributed by atoms with Crippen LogP contribution < -0.4 is 11.1 Å². The van der Waals surface area contributed by atoms with Crippen molar-refractivity contribution in [2.24, 2.45) is 5.92 Å². The number of aryl methyl sites for hydroxylation is 1. The average Bonchev–Trinajstić information content (AvgIpc) is 2.27. The Bertz CT molecular complexity index is 414. The summed E-state index contributed by atoms with van der Waals surface area (Å²) in [6.07, 6.45) is -0.435. The Hall–Kier alpha value is -1.71. The van der Waals surface area contributed by atoms with Crippen LogP contribution in [0, 0.1) is 19.8 Å². The Morgan fingerprint density at radius 2 is 2.06 bits per heavy atom. The van der Waals surface area contributed by atoms with Crippen LogP contribution in [0.2, 0.25) is 0 Å². The van der Waals surface area contributed by atoms with E-state index in [2.05, 4.69) is 5.32 Å². The van der Waals surface area contributed by atoms with Gasteiger partial charge in [0, 0.05) is 5.69 Å². The molecule has 0 aliphatic heterocycles. The van der Waals surface area contributed by atoms with Crippen molar-refractivity contribution in [2.45, 2.75) is 27.7 Å². The molecule has 1 aromatic carbocycles. The monoisotopic (exact) mass is 236 g/mol. The smallest absolute Gasteiger partial charge is 0.411 e. The first kappa shape index (κ1) is 13.4. The molecule has 0 bridgehead atoms. The van der Waals surface area contributed by atoms with E-state index in [0.717, 1.165) is 16.8 Å². The minimum atomic E-state index is -0.435. The van der Waals surface area contributed by atoms with E-state index < -0.39 is 6.09 Å². The molecule has 0 fully saturated rings. The Morgan fingerprint density at radius 3 is 2.65 bits per heavy atom. The second-order valence-corrected chi connectivity index (χ2v) is 4.59. The Labute approximate surface area is 102 Å². The number of rotatable bonds is 3. The van der Waals surface area contributed by atoms with Crippen LogP contribution in [0.4, 0.5) is 16.2 Å². The first-order chi connectivity index (χ1) is 7.91. The molecule has 0 aromatic heterocycles. The van der Waals surface area contributed by atoms with Crippen molar-refractivity contribution in [3.63, 3.8) is 0 Å². The number of ether oxygens (including phenoxy) is 1. The van der Waals surface area contributed by atoms with Crippen LogP contribution in [-0.2, 0) is 4.74 Å². The lowest BCUT2D eigenvalue weighted by atomic mass is 10.1. The van der Waals surface area contributed by atoms with Crippen LogP contribution in [0.3, 0.4) is 0 Å². The fourth-order valence-electron chi connectivity index (χ4n) is 1.44. The van der Waals surface area contributed by atoms with Crippen molar-refractivity contribution in [1.29, 1.82) is 0 Å². The summed E-state index contributed by atoms with van der Waals surface area (Å²) in [5.74, 6) is 0.323. The van der Waals surface area contributed by atoms with Crippen molar-refractivity contribution in [3.8, 4) is 0 Å². The van der Waals surface area contributed by atoms with Gasteiger partial charge in [0.25, 0.3) is 0 Å². The maximum atomic E-state index is 11.6. The summed E-state index contributed by atoms with van der Waals surface area (Å²) in [7, 11) is 0. The summed E-state index contributed by atoms with van der Waals surface area (Å²) in [6, 6.07) is 3.70. The molecule has 0 radical (unpaired) electrons. The number of hydrogen-bond donors (Lipinski definition) is 2. The van der Waals surface area contributed by atoms with Gasteiger partial charge in [0.15, 0.2) is 0 Å². The van der Waals surface area contributed by atoms with Crippen molar-refractivity contribution < 1.29 is 9.53 Å². The summed E-state index contributed by atoms with van der Waals surface area (Å²) in [6.45, 7) is 8.19. The highest BCUT2D eigenvalue weighted by Crippen LogP contribution is 2.25. The minimum absolute atomic E-state index is 0.323. The van der Waals surface area contributed by atoms with E-state index in [1.54, 1.807) is 0 Å². The Kier molecular flexibility index (Phi) is 4.37. The third kappa shape index (κ3) is 3.66. The summed E-state index contributed by atoms with van der Waals surface area (Å²) < 4.78 is 5.07. The zero-order valence-electron chi connectivity index (χ0n) is 10.8. The van der Waals surface area contributed by atoms with Gasteiger partial charge in [-0.1, -0.05) is 19.9 Å². The zero-order chi connectivity index (χ0) is 13.0. The second-order valence-electron chi connectivity index (χ2n) is 4.59. The van der Waals surface area contributed by atoms with Gasteiger partial charge in [-0.05, 0) is 37.0 Å². The normalized spacial score (nSPS) is 10.4. The molecule has 4 nitrogen and oxygen atoms in total. The zero-order valence-corrected chi connectivity index (χ0v) is 10.8. The van der Waals surface area contributed by atoms with Gasteiger partial charge in [-0.25, -0.2) is 4.79 Å². The molecule has 1 amide bonds. The predicted octanol–water partition coefficient (Wildman–Crippen LogP) is 3.09. The molecule has 1 aromatic rings. The summed E-state index contributed by atoms with van der Waals surface area (Å²) in [5.41, 5.74) is 9.03. The maximum absolute atomic E-state index is 11.6. The topological polar surface area (TPSA) is 64.3 Å². The molecule has 3 N–H and O–H groups in total. The van der Waals surface area contributed by atoms with E-state index >= 15 is 0 Å². The summed E-state index contributed by atoms with van der Waals surface area (Å²) in [5, 5.41) is 2.73. The van der Waals surface area contributed by atoms with Gasteiger partial charge < -0.3 is 10.5 Å². The van der Waals surface area contributed by atoms with Crippen LogP contribution in [0.1, 0.15) is 25.0 Å². The largest absolute Gasteiger partial charge is 0.449 e. The molecular formula is C13H20N2O2. The first-order valence-corrected chi connectivity index (χ1v) is 5.71. The van der Waals surface area contributed by atoms with Crippen molar-refractivity contribution in [2.75, 3.05) is 17.7 Å². The molecular weight excluding hydrogens is 216 g/mol. The van der Waals surface area contributed by atoms with Crippen LogP contribution in [-0.4, -0.2) is 12.7 Å². The molecule has 94 valence electrons. The second kappa shape index (κ2) is 5.57. The first-order valence-electron chi connectivity index (χ1n) is 5.71. The van der Waals surface area contributed by atoms with E-state index in [1.165, 1.54) is 0 Å². The fraction of sp³-hybridized carbons (Fsp3) is 0.462. The van der Waals surface area contributed by atoms with E-state index in [4.69, 9.17) is 10.5 Å². The van der Waals surface area contributed by atoms with E-state index in [-0.39, 0.29) is 0 Å². The average molecular weight is 236 g/mol.